The monoisotopic (exact) mass is 341 g/mol. The van der Waals surface area contributed by atoms with Gasteiger partial charge in [0.15, 0.2) is 0 Å². The Morgan fingerprint density at radius 2 is 1.43 bits per heavy atom. The zero-order valence-electron chi connectivity index (χ0n) is 11.5. The van der Waals surface area contributed by atoms with Gasteiger partial charge in [-0.25, -0.2) is 11.1 Å². The van der Waals surface area contributed by atoms with E-state index in [-0.39, 0.29) is 32.7 Å². The molecule has 1 heteroatoms. The van der Waals surface area contributed by atoms with Gasteiger partial charge in [0.25, 0.3) is 0 Å². The fourth-order valence-corrected chi connectivity index (χ4v) is 2.66. The van der Waals surface area contributed by atoms with Gasteiger partial charge in [0.05, 0.1) is 0 Å². The van der Waals surface area contributed by atoms with Gasteiger partial charge in [0.1, 0.15) is 0 Å². The van der Waals surface area contributed by atoms with Crippen LogP contribution >= 0.6 is 0 Å². The van der Waals surface area contributed by atoms with Crippen LogP contribution in [0.25, 0.3) is 32.7 Å². The van der Waals surface area contributed by atoms with Crippen LogP contribution in [0.2, 0.25) is 0 Å². The molecular formula is C20H12Y-2. The second-order valence-electron chi connectivity index (χ2n) is 4.91. The second-order valence-corrected chi connectivity index (χ2v) is 4.91. The first kappa shape index (κ1) is 14.4. The first-order valence-corrected chi connectivity index (χ1v) is 6.72. The van der Waals surface area contributed by atoms with Crippen LogP contribution < -0.4 is 0 Å². The van der Waals surface area contributed by atoms with Gasteiger partial charge < -0.3 is 0 Å². The molecule has 0 spiro atoms. The summed E-state index contributed by atoms with van der Waals surface area (Å²) in [6.45, 7) is 0. The Balaban J connectivity index is 0.00000132. The largest absolute Gasteiger partial charge is 0.226 e. The standard InChI is InChI=1S/C20H12.Y/c1-2-6-15(7-3-1)17-12-13-20-18(14-17)11-10-16-8-4-5-9-19(16)20;/h1-6,8-11,13-14H;/q-2;. The van der Waals surface area contributed by atoms with E-state index in [9.17, 15) is 0 Å². The number of hydrogen-bond donors (Lipinski definition) is 0. The van der Waals surface area contributed by atoms with Crippen molar-refractivity contribution in [3.05, 3.63) is 84.9 Å². The normalized spacial score (nSPS) is 10.5. The summed E-state index contributed by atoms with van der Waals surface area (Å²) in [6.07, 6.45) is 0. The fourth-order valence-electron chi connectivity index (χ4n) is 2.66. The van der Waals surface area contributed by atoms with Gasteiger partial charge >= 0.3 is 0 Å². The third kappa shape index (κ3) is 2.66. The third-order valence-electron chi connectivity index (χ3n) is 3.68. The minimum atomic E-state index is 0. The average Bonchev–Trinajstić information content (AvgIpc) is 2.55. The minimum Gasteiger partial charge on any atom is -0.226 e. The number of benzene rings is 4. The molecule has 4 aromatic rings. The van der Waals surface area contributed by atoms with Crippen LogP contribution in [0.4, 0.5) is 0 Å². The summed E-state index contributed by atoms with van der Waals surface area (Å²) in [5.41, 5.74) is 2.18. The number of fused-ring (bicyclic) bond motifs is 3. The maximum absolute atomic E-state index is 3.39. The van der Waals surface area contributed by atoms with Crippen molar-refractivity contribution < 1.29 is 32.7 Å². The van der Waals surface area contributed by atoms with Crippen molar-refractivity contribution in [3.63, 3.8) is 0 Å². The maximum atomic E-state index is 3.39. The van der Waals surface area contributed by atoms with Crippen LogP contribution in [0.1, 0.15) is 0 Å². The van der Waals surface area contributed by atoms with Gasteiger partial charge in [-0.3, -0.25) is 0 Å². The first-order chi connectivity index (χ1) is 9.92. The van der Waals surface area contributed by atoms with Crippen molar-refractivity contribution in [3.8, 4) is 11.1 Å². The second kappa shape index (κ2) is 6.09. The number of hydrogen-bond acceptors (Lipinski definition) is 0. The van der Waals surface area contributed by atoms with Crippen molar-refractivity contribution in [2.45, 2.75) is 0 Å². The Kier molecular flexibility index (Phi) is 4.19. The quantitative estimate of drug-likeness (QED) is 0.327. The van der Waals surface area contributed by atoms with E-state index in [1.807, 2.05) is 18.2 Å². The molecule has 0 fully saturated rings. The summed E-state index contributed by atoms with van der Waals surface area (Å²) in [5.74, 6) is 0. The summed E-state index contributed by atoms with van der Waals surface area (Å²) in [4.78, 5) is 0. The smallest absolute Gasteiger partial charge is 0 e. The molecule has 0 amide bonds. The molecule has 0 unspecified atom stereocenters. The van der Waals surface area contributed by atoms with Crippen LogP contribution in [0, 0.1) is 12.1 Å². The van der Waals surface area contributed by atoms with Crippen molar-refractivity contribution in [2.75, 3.05) is 0 Å². The topological polar surface area (TPSA) is 0 Å². The van der Waals surface area contributed by atoms with E-state index in [0.717, 1.165) is 11.1 Å². The minimum absolute atomic E-state index is 0. The van der Waals surface area contributed by atoms with E-state index in [2.05, 4.69) is 66.7 Å². The molecule has 0 N–H and O–H groups in total. The summed E-state index contributed by atoms with van der Waals surface area (Å²) in [5, 5.41) is 5.05. The molecule has 0 atom stereocenters. The summed E-state index contributed by atoms with van der Waals surface area (Å²) in [7, 11) is 0. The molecule has 0 aromatic heterocycles. The molecule has 4 aromatic carbocycles. The van der Waals surface area contributed by atoms with Crippen molar-refractivity contribution in [1.82, 2.24) is 0 Å². The van der Waals surface area contributed by atoms with Gasteiger partial charge in [-0.2, -0.15) is 36.4 Å². The predicted molar refractivity (Wildman–Crippen MR) is 84.6 cm³/mol. The zero-order chi connectivity index (χ0) is 13.4. The predicted octanol–water partition coefficient (Wildman–Crippen LogP) is 5.26. The van der Waals surface area contributed by atoms with E-state index in [0.29, 0.717) is 0 Å². The van der Waals surface area contributed by atoms with Gasteiger partial charge in [-0.05, 0) is 5.39 Å². The van der Waals surface area contributed by atoms with Gasteiger partial charge in [-0.1, -0.05) is 47.2 Å². The third-order valence-corrected chi connectivity index (χ3v) is 3.68. The summed E-state index contributed by atoms with van der Waals surface area (Å²) >= 11 is 0. The molecule has 0 aliphatic rings. The average molecular weight is 341 g/mol. The molecule has 0 nitrogen and oxygen atoms in total. The van der Waals surface area contributed by atoms with Crippen LogP contribution in [0.3, 0.4) is 0 Å². The molecule has 0 aliphatic heterocycles. The Bertz CT molecular complexity index is 895. The molecule has 21 heavy (non-hydrogen) atoms. The van der Waals surface area contributed by atoms with E-state index >= 15 is 0 Å². The molecule has 0 saturated carbocycles. The van der Waals surface area contributed by atoms with E-state index < -0.39 is 0 Å². The van der Waals surface area contributed by atoms with Crippen LogP contribution in [0.15, 0.2) is 72.8 Å². The van der Waals surface area contributed by atoms with Crippen molar-refractivity contribution in [2.24, 2.45) is 0 Å². The molecule has 4 rings (SSSR count). The Labute approximate surface area is 149 Å². The van der Waals surface area contributed by atoms with Crippen molar-refractivity contribution in [1.29, 1.82) is 0 Å². The maximum Gasteiger partial charge on any atom is 0 e. The van der Waals surface area contributed by atoms with Crippen LogP contribution in [-0.4, -0.2) is 0 Å². The molecule has 97 valence electrons. The molecule has 1 radical (unpaired) electrons. The molecule has 0 aliphatic carbocycles. The van der Waals surface area contributed by atoms with E-state index in [1.54, 1.807) is 0 Å². The van der Waals surface area contributed by atoms with Crippen molar-refractivity contribution >= 4 is 21.5 Å². The summed E-state index contributed by atoms with van der Waals surface area (Å²) in [6, 6.07) is 31.8. The Morgan fingerprint density at radius 3 is 2.29 bits per heavy atom. The molecule has 0 bridgehead atoms. The molecule has 0 heterocycles. The van der Waals surface area contributed by atoms with Gasteiger partial charge in [-0.15, -0.1) is 17.5 Å². The van der Waals surface area contributed by atoms with Gasteiger partial charge in [0, 0.05) is 32.7 Å². The fraction of sp³-hybridized carbons (Fsp3) is 0. The summed E-state index contributed by atoms with van der Waals surface area (Å²) < 4.78 is 0. The van der Waals surface area contributed by atoms with Gasteiger partial charge in [0.2, 0.25) is 0 Å². The molecular weight excluding hydrogens is 329 g/mol. The SMILES string of the molecule is [Y].[c-]1ccccc1-c1[c-]cc2c(ccc3ccccc32)c1. The first-order valence-electron chi connectivity index (χ1n) is 6.72. The molecule has 0 saturated heterocycles. The van der Waals surface area contributed by atoms with E-state index in [1.165, 1.54) is 21.5 Å². The Hall–Kier alpha value is -1.50. The van der Waals surface area contributed by atoms with E-state index in [4.69, 9.17) is 0 Å². The number of rotatable bonds is 1. The van der Waals surface area contributed by atoms with Crippen LogP contribution in [-0.2, 0) is 32.7 Å². The Morgan fingerprint density at radius 1 is 0.619 bits per heavy atom. The van der Waals surface area contributed by atoms with Crippen LogP contribution in [0.5, 0.6) is 0 Å². The zero-order valence-corrected chi connectivity index (χ0v) is 14.3.